The van der Waals surface area contributed by atoms with Crippen molar-refractivity contribution in [3.05, 3.63) is 77.2 Å². The van der Waals surface area contributed by atoms with E-state index in [1.165, 1.54) is 11.3 Å². The third-order valence-electron chi connectivity index (χ3n) is 4.38. The first-order valence-electron chi connectivity index (χ1n) is 8.83. The molecule has 4 nitrogen and oxygen atoms in total. The molecule has 0 unspecified atom stereocenters. The number of thiophene rings is 1. The van der Waals surface area contributed by atoms with Crippen LogP contribution < -0.4 is 11.1 Å². The van der Waals surface area contributed by atoms with E-state index in [0.717, 1.165) is 31.4 Å². The molecule has 0 fully saturated rings. The first-order valence-corrected chi connectivity index (χ1v) is 10.5. The number of benzene rings is 2. The number of rotatable bonds is 6. The highest BCUT2D eigenvalue weighted by molar-refractivity contribution is 7.23. The van der Waals surface area contributed by atoms with Crippen LogP contribution in [0, 0.1) is 6.92 Å². The number of nitrogens with zero attached hydrogens (tertiary/aromatic N) is 1. The predicted molar refractivity (Wildman–Crippen MR) is 121 cm³/mol. The Morgan fingerprint density at radius 3 is 2.64 bits per heavy atom. The van der Waals surface area contributed by atoms with Crippen LogP contribution in [0.2, 0.25) is 0 Å². The van der Waals surface area contributed by atoms with Crippen LogP contribution in [0.5, 0.6) is 0 Å². The van der Waals surface area contributed by atoms with E-state index in [-0.39, 0.29) is 5.78 Å². The Morgan fingerprint density at radius 2 is 1.93 bits per heavy atom. The number of nitrogens with two attached hydrogens (primary N) is 1. The maximum atomic E-state index is 13.1. The number of carbonyl (C=O) groups excluding carboxylic acids is 1. The summed E-state index contributed by atoms with van der Waals surface area (Å²) in [6.45, 7) is 6.34. The number of aryl methyl sites for hydroxylation is 1. The molecule has 2 aromatic heterocycles. The summed E-state index contributed by atoms with van der Waals surface area (Å²) in [4.78, 5) is 18.4. The Labute approximate surface area is 171 Å². The highest BCUT2D eigenvalue weighted by atomic mass is 32.1. The van der Waals surface area contributed by atoms with E-state index in [0.29, 0.717) is 22.7 Å². The van der Waals surface area contributed by atoms with E-state index in [2.05, 4.69) is 11.9 Å². The molecular formula is C22H19N3OS2. The highest BCUT2D eigenvalue weighted by Gasteiger charge is 2.25. The van der Waals surface area contributed by atoms with Gasteiger partial charge in [-0.15, -0.1) is 29.3 Å². The number of hydrogen-bond acceptors (Lipinski definition) is 6. The third kappa shape index (κ3) is 3.32. The minimum absolute atomic E-state index is 0.0727. The maximum absolute atomic E-state index is 13.1. The van der Waals surface area contributed by atoms with Crippen molar-refractivity contribution in [1.82, 2.24) is 4.98 Å². The lowest BCUT2D eigenvalue weighted by molar-refractivity contribution is 0.104. The van der Waals surface area contributed by atoms with E-state index in [1.807, 2.05) is 55.5 Å². The van der Waals surface area contributed by atoms with E-state index in [4.69, 9.17) is 10.7 Å². The first-order chi connectivity index (χ1) is 13.6. The summed E-state index contributed by atoms with van der Waals surface area (Å²) >= 11 is 2.94. The topological polar surface area (TPSA) is 68.0 Å². The molecule has 0 aliphatic heterocycles. The van der Waals surface area contributed by atoms with E-state index < -0.39 is 0 Å². The normalized spacial score (nSPS) is 10.9. The average molecular weight is 406 g/mol. The van der Waals surface area contributed by atoms with Crippen molar-refractivity contribution in [1.29, 1.82) is 0 Å². The lowest BCUT2D eigenvalue weighted by atomic mass is 10.1. The zero-order valence-corrected chi connectivity index (χ0v) is 17.0. The number of thiazole rings is 1. The Hall–Kier alpha value is -2.96. The predicted octanol–water partition coefficient (Wildman–Crippen LogP) is 5.74. The van der Waals surface area contributed by atoms with Crippen molar-refractivity contribution in [3.63, 3.8) is 0 Å². The van der Waals surface area contributed by atoms with Gasteiger partial charge in [0.05, 0.1) is 21.5 Å². The van der Waals surface area contributed by atoms with Gasteiger partial charge in [0.2, 0.25) is 5.78 Å². The second kappa shape index (κ2) is 7.58. The molecule has 0 saturated carbocycles. The maximum Gasteiger partial charge on any atom is 0.205 e. The van der Waals surface area contributed by atoms with E-state index >= 15 is 0 Å². The van der Waals surface area contributed by atoms with Crippen LogP contribution in [-0.2, 0) is 0 Å². The SMILES string of the molecule is C=CCNc1sc(C(=O)c2ccc(C)cc2)c(N)c1-c1nc2ccccc2s1. The van der Waals surface area contributed by atoms with Gasteiger partial charge in [-0.1, -0.05) is 48.0 Å². The fourth-order valence-electron chi connectivity index (χ4n) is 2.93. The Morgan fingerprint density at radius 1 is 1.18 bits per heavy atom. The summed E-state index contributed by atoms with van der Waals surface area (Å²) < 4.78 is 1.09. The molecule has 3 N–H and O–H groups in total. The average Bonchev–Trinajstić information content (AvgIpc) is 3.26. The number of ketones is 1. The molecule has 0 aliphatic carbocycles. The summed E-state index contributed by atoms with van der Waals surface area (Å²) in [6.07, 6.45) is 1.78. The van der Waals surface area contributed by atoms with Crippen molar-refractivity contribution in [2.75, 3.05) is 17.6 Å². The zero-order valence-electron chi connectivity index (χ0n) is 15.4. The third-order valence-corrected chi connectivity index (χ3v) is 6.60. The van der Waals surface area contributed by atoms with Crippen LogP contribution in [0.25, 0.3) is 20.8 Å². The Bertz CT molecular complexity index is 1140. The molecule has 4 aromatic rings. The van der Waals surface area contributed by atoms with Crippen molar-refractivity contribution < 1.29 is 4.79 Å². The molecule has 6 heteroatoms. The smallest absolute Gasteiger partial charge is 0.205 e. The molecule has 4 rings (SSSR count). The van der Waals surface area contributed by atoms with Crippen molar-refractivity contribution in [2.45, 2.75) is 6.92 Å². The van der Waals surface area contributed by atoms with E-state index in [1.54, 1.807) is 17.4 Å². The molecule has 0 aliphatic rings. The van der Waals surface area contributed by atoms with Gasteiger partial charge in [0.1, 0.15) is 14.9 Å². The quantitative estimate of drug-likeness (QED) is 0.317. The lowest BCUT2D eigenvalue weighted by Gasteiger charge is -2.03. The molecule has 0 bridgehead atoms. The van der Waals surface area contributed by atoms with Gasteiger partial charge in [-0.25, -0.2) is 4.98 Å². The minimum atomic E-state index is -0.0727. The highest BCUT2D eigenvalue weighted by Crippen LogP contribution is 2.46. The fraction of sp³-hybridized carbons (Fsp3) is 0.0909. The molecule has 0 radical (unpaired) electrons. The first kappa shape index (κ1) is 18.4. The van der Waals surface area contributed by atoms with Crippen molar-refractivity contribution in [3.8, 4) is 10.6 Å². The van der Waals surface area contributed by atoms with Crippen LogP contribution >= 0.6 is 22.7 Å². The summed E-state index contributed by atoms with van der Waals surface area (Å²) in [5.41, 5.74) is 10.4. The van der Waals surface area contributed by atoms with Crippen molar-refractivity contribution in [2.24, 2.45) is 0 Å². The molecule has 0 spiro atoms. The molecule has 28 heavy (non-hydrogen) atoms. The van der Waals surface area contributed by atoms with Crippen LogP contribution in [0.1, 0.15) is 20.8 Å². The standard InChI is InChI=1S/C22H19N3OS2/c1-3-12-24-21-17(22-25-15-6-4-5-7-16(15)27-22)18(23)20(28-21)19(26)14-10-8-13(2)9-11-14/h3-11,24H,1,12,23H2,2H3. The van der Waals surface area contributed by atoms with Crippen LogP contribution in [-0.4, -0.2) is 17.3 Å². The number of anilines is 2. The van der Waals surface area contributed by atoms with Crippen LogP contribution in [0.15, 0.2) is 61.2 Å². The number of para-hydroxylation sites is 1. The summed E-state index contributed by atoms with van der Waals surface area (Å²) in [5.74, 6) is -0.0727. The van der Waals surface area contributed by atoms with Gasteiger partial charge in [0, 0.05) is 12.1 Å². The van der Waals surface area contributed by atoms with Gasteiger partial charge in [-0.3, -0.25) is 4.79 Å². The molecule has 0 atom stereocenters. The molecule has 140 valence electrons. The monoisotopic (exact) mass is 405 g/mol. The number of nitrogen functional groups attached to an aromatic ring is 1. The number of aromatic nitrogens is 1. The molecule has 0 saturated heterocycles. The van der Waals surface area contributed by atoms with E-state index in [9.17, 15) is 4.79 Å². The largest absolute Gasteiger partial charge is 0.397 e. The lowest BCUT2D eigenvalue weighted by Crippen LogP contribution is -2.02. The second-order valence-corrected chi connectivity index (χ2v) is 8.45. The van der Waals surface area contributed by atoms with Crippen LogP contribution in [0.4, 0.5) is 10.7 Å². The number of nitrogens with one attached hydrogen (secondary N) is 1. The summed E-state index contributed by atoms with van der Waals surface area (Å²) in [6, 6.07) is 15.5. The second-order valence-electron chi connectivity index (χ2n) is 6.40. The van der Waals surface area contributed by atoms with Crippen molar-refractivity contribution >= 4 is 49.4 Å². The Kier molecular flexibility index (Phi) is 4.98. The molecule has 0 amide bonds. The fourth-order valence-corrected chi connectivity index (χ4v) is 5.12. The number of carbonyl (C=O) groups is 1. The number of hydrogen-bond donors (Lipinski definition) is 2. The zero-order chi connectivity index (χ0) is 19.7. The minimum Gasteiger partial charge on any atom is -0.397 e. The van der Waals surface area contributed by atoms with Gasteiger partial charge in [0.15, 0.2) is 0 Å². The summed E-state index contributed by atoms with van der Waals surface area (Å²) in [7, 11) is 0. The van der Waals surface area contributed by atoms with Crippen LogP contribution in [0.3, 0.4) is 0 Å². The molecule has 2 aromatic carbocycles. The van der Waals surface area contributed by atoms with Gasteiger partial charge in [0.25, 0.3) is 0 Å². The van der Waals surface area contributed by atoms with Gasteiger partial charge in [-0.2, -0.15) is 0 Å². The molecular weight excluding hydrogens is 386 g/mol. The number of fused-ring (bicyclic) bond motifs is 1. The Balaban J connectivity index is 1.83. The van der Waals surface area contributed by atoms with Gasteiger partial charge in [-0.05, 0) is 19.1 Å². The molecule has 2 heterocycles. The summed E-state index contributed by atoms with van der Waals surface area (Å²) in [5, 5.41) is 4.97. The van der Waals surface area contributed by atoms with Gasteiger partial charge >= 0.3 is 0 Å². The van der Waals surface area contributed by atoms with Gasteiger partial charge < -0.3 is 11.1 Å².